The number of nitrogens with one attached hydrogen (secondary N) is 1. The highest BCUT2D eigenvalue weighted by Crippen LogP contribution is 2.38. The lowest BCUT2D eigenvalue weighted by atomic mass is 10.1. The zero-order valence-corrected chi connectivity index (χ0v) is 20.5. The topological polar surface area (TPSA) is 92.5 Å². The first-order valence-electron chi connectivity index (χ1n) is 11.2. The second kappa shape index (κ2) is 9.27. The van der Waals surface area contributed by atoms with Gasteiger partial charge in [0.2, 0.25) is 5.91 Å². The van der Waals surface area contributed by atoms with Crippen LogP contribution in [-0.4, -0.2) is 32.1 Å². The monoisotopic (exact) mass is 484 g/mol. The Morgan fingerprint density at radius 1 is 1.09 bits per heavy atom. The molecule has 0 unspecified atom stereocenters. The second-order valence-corrected chi connectivity index (χ2v) is 9.42. The molecule has 0 aliphatic carbocycles. The number of hydrazone groups is 1. The van der Waals surface area contributed by atoms with Crippen molar-refractivity contribution in [1.29, 1.82) is 0 Å². The maximum absolute atomic E-state index is 13.2. The molecule has 0 radical (unpaired) electrons. The summed E-state index contributed by atoms with van der Waals surface area (Å²) in [7, 11) is 1.92. The maximum atomic E-state index is 13.2. The third-order valence-electron chi connectivity index (χ3n) is 5.81. The summed E-state index contributed by atoms with van der Waals surface area (Å²) in [4.78, 5) is 35.9. The van der Waals surface area contributed by atoms with Crippen LogP contribution < -0.4 is 10.3 Å². The summed E-state index contributed by atoms with van der Waals surface area (Å²) in [6, 6.07) is 15.6. The largest absolute Gasteiger partial charge is 0.333 e. The average Bonchev–Trinajstić information content (AvgIpc) is 3.47. The van der Waals surface area contributed by atoms with E-state index < -0.39 is 0 Å². The summed E-state index contributed by atoms with van der Waals surface area (Å²) in [5.74, 6) is 0.268. The molecule has 0 bridgehead atoms. The van der Waals surface area contributed by atoms with E-state index in [2.05, 4.69) is 15.4 Å². The quantitative estimate of drug-likeness (QED) is 0.434. The molecule has 0 saturated carbocycles. The molecule has 176 valence electrons. The van der Waals surface area contributed by atoms with Gasteiger partial charge in [-0.3, -0.25) is 14.9 Å². The van der Waals surface area contributed by atoms with Crippen LogP contribution in [0.25, 0.3) is 22.0 Å². The van der Waals surface area contributed by atoms with Gasteiger partial charge in [-0.05, 0) is 31.0 Å². The summed E-state index contributed by atoms with van der Waals surface area (Å²) < 4.78 is 1.92. The third-order valence-corrected chi connectivity index (χ3v) is 6.77. The number of imidazole rings is 1. The van der Waals surface area contributed by atoms with Crippen molar-refractivity contribution in [1.82, 2.24) is 14.5 Å². The molecule has 1 aliphatic heterocycles. The number of carbonyl (C=O) groups excluding carboxylic acids is 2. The Bertz CT molecular complexity index is 1450. The van der Waals surface area contributed by atoms with Gasteiger partial charge in [-0.1, -0.05) is 53.8 Å². The van der Waals surface area contributed by atoms with E-state index in [-0.39, 0.29) is 24.7 Å². The average molecular weight is 485 g/mol. The van der Waals surface area contributed by atoms with Crippen molar-refractivity contribution in [2.24, 2.45) is 12.1 Å². The molecule has 9 heteroatoms. The molecule has 0 spiro atoms. The number of hydrogen-bond donors (Lipinski definition) is 1. The molecule has 0 fully saturated rings. The van der Waals surface area contributed by atoms with E-state index in [1.807, 2.05) is 80.2 Å². The number of nitrogens with zero attached hydrogens (tertiary/aromatic N) is 5. The van der Waals surface area contributed by atoms with E-state index >= 15 is 0 Å². The van der Waals surface area contributed by atoms with Crippen molar-refractivity contribution >= 4 is 39.7 Å². The van der Waals surface area contributed by atoms with Gasteiger partial charge < -0.3 is 4.57 Å². The van der Waals surface area contributed by atoms with Crippen LogP contribution in [0.1, 0.15) is 24.0 Å². The maximum Gasteiger partial charge on any atom is 0.273 e. The molecule has 2 amide bonds. The van der Waals surface area contributed by atoms with Crippen LogP contribution in [-0.2, 0) is 16.6 Å². The standard InChI is InChI=1S/C26H24N6O2S/c1-16-9-10-17(2)20(15-16)32-21(33)12-11-19(30-32)25(34)29-26-28-22(18-7-5-4-6-8-18)23(35-26)24-27-13-14-31(24)3/h4-10,13-15H,11-12H2,1-3H3,(H,28,29,34). The number of aromatic nitrogens is 3. The van der Waals surface area contributed by atoms with Gasteiger partial charge in [0.15, 0.2) is 11.0 Å². The predicted molar refractivity (Wildman–Crippen MR) is 138 cm³/mol. The van der Waals surface area contributed by atoms with Crippen LogP contribution in [0.4, 0.5) is 10.8 Å². The normalized spacial score (nSPS) is 13.6. The van der Waals surface area contributed by atoms with E-state index in [0.29, 0.717) is 16.5 Å². The first-order chi connectivity index (χ1) is 16.9. The SMILES string of the molecule is Cc1ccc(C)c(N2N=C(C(=O)Nc3nc(-c4ccccc4)c(-c4nccn4C)s3)CCC2=O)c1. The van der Waals surface area contributed by atoms with Crippen molar-refractivity contribution in [3.8, 4) is 22.0 Å². The van der Waals surface area contributed by atoms with Gasteiger partial charge >= 0.3 is 0 Å². The van der Waals surface area contributed by atoms with Gasteiger partial charge in [-0.25, -0.2) is 15.0 Å². The lowest BCUT2D eigenvalue weighted by Gasteiger charge is -2.24. The number of benzene rings is 2. The highest BCUT2D eigenvalue weighted by Gasteiger charge is 2.28. The Hall–Kier alpha value is -4.11. The molecular weight excluding hydrogens is 460 g/mol. The Morgan fingerprint density at radius 2 is 1.89 bits per heavy atom. The molecule has 1 N–H and O–H groups in total. The number of hydrogen-bond acceptors (Lipinski definition) is 6. The van der Waals surface area contributed by atoms with Gasteiger partial charge in [0.25, 0.3) is 5.91 Å². The van der Waals surface area contributed by atoms with Crippen LogP contribution in [0.15, 0.2) is 66.0 Å². The molecule has 0 atom stereocenters. The van der Waals surface area contributed by atoms with Gasteiger partial charge in [-0.15, -0.1) is 0 Å². The number of anilines is 2. The number of amides is 2. The highest BCUT2D eigenvalue weighted by atomic mass is 32.1. The molecule has 3 heterocycles. The Kier molecular flexibility index (Phi) is 6.00. The van der Waals surface area contributed by atoms with Crippen molar-refractivity contribution < 1.29 is 9.59 Å². The first-order valence-corrected chi connectivity index (χ1v) is 12.1. The van der Waals surface area contributed by atoms with Crippen molar-refractivity contribution in [2.45, 2.75) is 26.7 Å². The number of rotatable bonds is 5. The molecule has 2 aromatic carbocycles. The molecule has 0 saturated heterocycles. The lowest BCUT2D eigenvalue weighted by Crippen LogP contribution is -2.36. The minimum Gasteiger partial charge on any atom is -0.333 e. The van der Waals surface area contributed by atoms with Crippen molar-refractivity contribution in [3.63, 3.8) is 0 Å². The highest BCUT2D eigenvalue weighted by molar-refractivity contribution is 7.19. The first kappa shape index (κ1) is 22.7. The molecule has 1 aliphatic rings. The molecule has 35 heavy (non-hydrogen) atoms. The fourth-order valence-electron chi connectivity index (χ4n) is 3.92. The minimum atomic E-state index is -0.368. The zero-order chi connectivity index (χ0) is 24.5. The number of aryl methyl sites for hydroxylation is 3. The van der Waals surface area contributed by atoms with Crippen molar-refractivity contribution in [3.05, 3.63) is 72.1 Å². The summed E-state index contributed by atoms with van der Waals surface area (Å²) in [5.41, 5.74) is 4.60. The van der Waals surface area contributed by atoms with Crippen molar-refractivity contribution in [2.75, 3.05) is 10.3 Å². The van der Waals surface area contributed by atoms with Gasteiger partial charge in [0, 0.05) is 37.8 Å². The molecule has 2 aromatic heterocycles. The summed E-state index contributed by atoms with van der Waals surface area (Å²) >= 11 is 1.36. The Labute approximate surface area is 207 Å². The number of thiazole rings is 1. The summed E-state index contributed by atoms with van der Waals surface area (Å²) in [6.07, 6.45) is 4.09. The fourth-order valence-corrected chi connectivity index (χ4v) is 4.95. The third kappa shape index (κ3) is 4.50. The van der Waals surface area contributed by atoms with E-state index in [0.717, 1.165) is 33.1 Å². The van der Waals surface area contributed by atoms with E-state index in [1.165, 1.54) is 16.3 Å². The lowest BCUT2D eigenvalue weighted by molar-refractivity contribution is -0.118. The van der Waals surface area contributed by atoms with E-state index in [1.54, 1.807) is 6.20 Å². The fraction of sp³-hybridized carbons (Fsp3) is 0.192. The Morgan fingerprint density at radius 3 is 2.63 bits per heavy atom. The van der Waals surface area contributed by atoms with Crippen LogP contribution in [0.5, 0.6) is 0 Å². The van der Waals surface area contributed by atoms with E-state index in [4.69, 9.17) is 4.98 Å². The van der Waals surface area contributed by atoms with Crippen LogP contribution in [0, 0.1) is 13.8 Å². The van der Waals surface area contributed by atoms with Crippen LogP contribution >= 0.6 is 11.3 Å². The summed E-state index contributed by atoms with van der Waals surface area (Å²) in [6.45, 7) is 3.88. The molecular formula is C26H24N6O2S. The number of carbonyl (C=O) groups is 2. The molecule has 5 rings (SSSR count). The van der Waals surface area contributed by atoms with Gasteiger partial charge in [0.05, 0.1) is 16.3 Å². The summed E-state index contributed by atoms with van der Waals surface area (Å²) in [5, 5.41) is 9.12. The van der Waals surface area contributed by atoms with Crippen LogP contribution in [0.2, 0.25) is 0 Å². The second-order valence-electron chi connectivity index (χ2n) is 8.42. The molecule has 4 aromatic rings. The van der Waals surface area contributed by atoms with Gasteiger partial charge in [0.1, 0.15) is 5.71 Å². The molecule has 8 nitrogen and oxygen atoms in total. The van der Waals surface area contributed by atoms with E-state index in [9.17, 15) is 9.59 Å². The Balaban J connectivity index is 1.47. The van der Waals surface area contributed by atoms with Gasteiger partial charge in [-0.2, -0.15) is 5.10 Å². The smallest absolute Gasteiger partial charge is 0.273 e. The predicted octanol–water partition coefficient (Wildman–Crippen LogP) is 4.95. The minimum absolute atomic E-state index is 0.132. The zero-order valence-electron chi connectivity index (χ0n) is 19.6. The van der Waals surface area contributed by atoms with Crippen LogP contribution in [0.3, 0.4) is 0 Å².